The summed E-state index contributed by atoms with van der Waals surface area (Å²) in [5.41, 5.74) is 0.358. The van der Waals surface area contributed by atoms with Crippen LogP contribution in [0.4, 0.5) is 0 Å². The number of nitrogens with one attached hydrogen (secondary N) is 1. The number of carbonyl (C=O) groups excluding carboxylic acids is 1. The molecular weight excluding hydrogens is 318 g/mol. The average molecular weight is 332 g/mol. The summed E-state index contributed by atoms with van der Waals surface area (Å²) in [4.78, 5) is 12.0. The Bertz CT molecular complexity index is 795. The fraction of sp³-hybridized carbons (Fsp3) is 0.118. The molecule has 2 aromatic heterocycles. The highest BCUT2D eigenvalue weighted by atomic mass is 35.5. The molecule has 0 saturated carbocycles. The van der Waals surface area contributed by atoms with Crippen LogP contribution in [0.15, 0.2) is 63.6 Å². The van der Waals surface area contributed by atoms with Crippen LogP contribution in [0.2, 0.25) is 5.02 Å². The molecule has 0 aliphatic heterocycles. The summed E-state index contributed by atoms with van der Waals surface area (Å²) < 4.78 is 10.8. The fourth-order valence-electron chi connectivity index (χ4n) is 2.11. The lowest BCUT2D eigenvalue weighted by molar-refractivity contribution is 0.0901. The predicted molar refractivity (Wildman–Crippen MR) is 85.2 cm³/mol. The van der Waals surface area contributed by atoms with Gasteiger partial charge in [0.25, 0.3) is 5.91 Å². The number of rotatable bonds is 5. The van der Waals surface area contributed by atoms with Crippen LogP contribution in [0.3, 0.4) is 0 Å². The van der Waals surface area contributed by atoms with Crippen LogP contribution < -0.4 is 5.32 Å². The van der Waals surface area contributed by atoms with Gasteiger partial charge in [0.1, 0.15) is 11.9 Å². The Labute approximate surface area is 137 Å². The summed E-state index contributed by atoms with van der Waals surface area (Å²) in [6, 6.07) is 13.6. The highest BCUT2D eigenvalue weighted by Gasteiger charge is 2.16. The molecule has 0 bridgehead atoms. The highest BCUT2D eigenvalue weighted by Crippen LogP contribution is 2.25. The van der Waals surface area contributed by atoms with Crippen molar-refractivity contribution in [1.29, 1.82) is 0 Å². The molecule has 2 heterocycles. The molecule has 0 saturated heterocycles. The van der Waals surface area contributed by atoms with Crippen LogP contribution in [0.1, 0.15) is 22.2 Å². The van der Waals surface area contributed by atoms with Gasteiger partial charge in [-0.05, 0) is 36.4 Å². The first kappa shape index (κ1) is 15.4. The molecule has 0 aliphatic carbocycles. The predicted octanol–water partition coefficient (Wildman–Crippen LogP) is 3.66. The minimum atomic E-state index is -0.967. The SMILES string of the molecule is O=C(NCC(O)c1ccc(-c2ccco2)o1)c1ccccc1Cl. The van der Waals surface area contributed by atoms with Crippen molar-refractivity contribution >= 4 is 17.5 Å². The Morgan fingerprint density at radius 1 is 1.13 bits per heavy atom. The number of amides is 1. The molecule has 118 valence electrons. The van der Waals surface area contributed by atoms with Crippen LogP contribution in [0.25, 0.3) is 11.5 Å². The van der Waals surface area contributed by atoms with E-state index in [9.17, 15) is 9.90 Å². The van der Waals surface area contributed by atoms with Crippen LogP contribution in [-0.4, -0.2) is 17.6 Å². The summed E-state index contributed by atoms with van der Waals surface area (Å²) in [7, 11) is 0. The van der Waals surface area contributed by atoms with Gasteiger partial charge in [0.05, 0.1) is 23.4 Å². The second kappa shape index (κ2) is 6.73. The van der Waals surface area contributed by atoms with Crippen LogP contribution in [0, 0.1) is 0 Å². The number of furan rings is 2. The molecule has 1 aromatic carbocycles. The number of halogens is 1. The van der Waals surface area contributed by atoms with Gasteiger partial charge in [-0.15, -0.1) is 0 Å². The summed E-state index contributed by atoms with van der Waals surface area (Å²) in [6.07, 6.45) is 0.572. The van der Waals surface area contributed by atoms with Gasteiger partial charge in [0, 0.05) is 0 Å². The van der Waals surface area contributed by atoms with Crippen molar-refractivity contribution in [2.75, 3.05) is 6.54 Å². The van der Waals surface area contributed by atoms with E-state index in [-0.39, 0.29) is 12.5 Å². The zero-order valence-electron chi connectivity index (χ0n) is 12.0. The molecule has 1 atom stereocenters. The lowest BCUT2D eigenvalue weighted by Gasteiger charge is -2.10. The zero-order chi connectivity index (χ0) is 16.2. The standard InChI is InChI=1S/C17H14ClNO4/c18-12-5-2-1-4-11(12)17(21)19-10-13(20)14-7-8-16(23-14)15-6-3-9-22-15/h1-9,13,20H,10H2,(H,19,21). The van der Waals surface area contributed by atoms with Gasteiger partial charge in [-0.25, -0.2) is 0 Å². The normalized spacial score (nSPS) is 12.1. The highest BCUT2D eigenvalue weighted by molar-refractivity contribution is 6.33. The van der Waals surface area contributed by atoms with Gasteiger partial charge in [-0.2, -0.15) is 0 Å². The largest absolute Gasteiger partial charge is 0.461 e. The Balaban J connectivity index is 1.62. The number of aliphatic hydroxyl groups is 1. The zero-order valence-corrected chi connectivity index (χ0v) is 12.8. The van der Waals surface area contributed by atoms with Crippen molar-refractivity contribution < 1.29 is 18.7 Å². The van der Waals surface area contributed by atoms with Crippen molar-refractivity contribution in [1.82, 2.24) is 5.32 Å². The van der Waals surface area contributed by atoms with Crippen molar-refractivity contribution in [3.63, 3.8) is 0 Å². The van der Waals surface area contributed by atoms with Gasteiger partial charge in [0.2, 0.25) is 0 Å². The van der Waals surface area contributed by atoms with Crippen molar-refractivity contribution in [2.24, 2.45) is 0 Å². The van der Waals surface area contributed by atoms with E-state index in [0.717, 1.165) is 0 Å². The van der Waals surface area contributed by atoms with Crippen molar-refractivity contribution in [3.05, 3.63) is 71.1 Å². The molecule has 1 amide bonds. The Morgan fingerprint density at radius 2 is 1.96 bits per heavy atom. The summed E-state index contributed by atoms with van der Waals surface area (Å²) >= 11 is 5.96. The van der Waals surface area contributed by atoms with Gasteiger partial charge in [-0.1, -0.05) is 23.7 Å². The molecule has 3 rings (SSSR count). The maximum Gasteiger partial charge on any atom is 0.252 e. The fourth-order valence-corrected chi connectivity index (χ4v) is 2.34. The number of carbonyl (C=O) groups is 1. The number of benzene rings is 1. The number of hydrogen-bond donors (Lipinski definition) is 2. The van der Waals surface area contributed by atoms with E-state index in [0.29, 0.717) is 27.9 Å². The van der Waals surface area contributed by atoms with E-state index in [4.69, 9.17) is 20.4 Å². The van der Waals surface area contributed by atoms with E-state index in [1.54, 1.807) is 48.5 Å². The first-order chi connectivity index (χ1) is 11.1. The molecule has 0 radical (unpaired) electrons. The monoisotopic (exact) mass is 331 g/mol. The second-order valence-corrected chi connectivity index (χ2v) is 5.29. The first-order valence-electron chi connectivity index (χ1n) is 6.99. The molecule has 5 nitrogen and oxygen atoms in total. The van der Waals surface area contributed by atoms with E-state index < -0.39 is 6.10 Å². The summed E-state index contributed by atoms with van der Waals surface area (Å²) in [5.74, 6) is 1.08. The summed E-state index contributed by atoms with van der Waals surface area (Å²) in [5, 5.41) is 13.1. The van der Waals surface area contributed by atoms with Crippen LogP contribution >= 0.6 is 11.6 Å². The molecule has 0 fully saturated rings. The third-order valence-electron chi connectivity index (χ3n) is 3.29. The molecule has 1 unspecified atom stereocenters. The van der Waals surface area contributed by atoms with E-state index in [1.807, 2.05) is 0 Å². The van der Waals surface area contributed by atoms with Crippen molar-refractivity contribution in [2.45, 2.75) is 6.10 Å². The second-order valence-electron chi connectivity index (χ2n) is 4.88. The maximum atomic E-state index is 12.0. The van der Waals surface area contributed by atoms with Gasteiger partial charge in [0.15, 0.2) is 11.5 Å². The molecule has 6 heteroatoms. The van der Waals surface area contributed by atoms with Gasteiger partial charge >= 0.3 is 0 Å². The van der Waals surface area contributed by atoms with Crippen LogP contribution in [0.5, 0.6) is 0 Å². The Hall–Kier alpha value is -2.50. The molecular formula is C17H14ClNO4. The third kappa shape index (κ3) is 3.47. The van der Waals surface area contributed by atoms with Gasteiger partial charge < -0.3 is 19.3 Å². The average Bonchev–Trinajstić information content (AvgIpc) is 3.23. The molecule has 0 spiro atoms. The van der Waals surface area contributed by atoms with Crippen LogP contribution in [-0.2, 0) is 0 Å². The van der Waals surface area contributed by atoms with E-state index in [1.165, 1.54) is 6.26 Å². The van der Waals surface area contributed by atoms with E-state index in [2.05, 4.69) is 5.32 Å². The van der Waals surface area contributed by atoms with Crippen molar-refractivity contribution in [3.8, 4) is 11.5 Å². The quantitative estimate of drug-likeness (QED) is 0.748. The first-order valence-corrected chi connectivity index (χ1v) is 7.37. The topological polar surface area (TPSA) is 75.6 Å². The Morgan fingerprint density at radius 3 is 2.70 bits per heavy atom. The molecule has 0 aliphatic rings. The molecule has 3 aromatic rings. The minimum Gasteiger partial charge on any atom is -0.461 e. The summed E-state index contributed by atoms with van der Waals surface area (Å²) in [6.45, 7) is 0.00909. The number of hydrogen-bond acceptors (Lipinski definition) is 4. The van der Waals surface area contributed by atoms with E-state index >= 15 is 0 Å². The molecule has 23 heavy (non-hydrogen) atoms. The smallest absolute Gasteiger partial charge is 0.252 e. The number of aliphatic hydroxyl groups excluding tert-OH is 1. The lowest BCUT2D eigenvalue weighted by atomic mass is 10.2. The maximum absolute atomic E-state index is 12.0. The molecule has 2 N–H and O–H groups in total. The van der Waals surface area contributed by atoms with Gasteiger partial charge in [-0.3, -0.25) is 4.79 Å². The lowest BCUT2D eigenvalue weighted by Crippen LogP contribution is -2.28. The third-order valence-corrected chi connectivity index (χ3v) is 3.62. The Kier molecular flexibility index (Phi) is 4.50. The minimum absolute atomic E-state index is 0.00909.